The number of likely N-dealkylation sites (N-methyl/N-ethyl adjacent to an activating group) is 1. The fourth-order valence-corrected chi connectivity index (χ4v) is 3.93. The smallest absolute Gasteiger partial charge is 0.272 e. The maximum atomic E-state index is 12.7. The molecule has 2 rings (SSSR count). The minimum Gasteiger partial charge on any atom is -0.342 e. The normalized spacial score (nSPS) is 11.3. The summed E-state index contributed by atoms with van der Waals surface area (Å²) in [6, 6.07) is 11.1. The van der Waals surface area contributed by atoms with Crippen LogP contribution in [0.1, 0.15) is 29.8 Å². The van der Waals surface area contributed by atoms with Gasteiger partial charge in [0, 0.05) is 30.8 Å². The number of nitrogens with one attached hydrogen (secondary N) is 2. The number of nitro benzene ring substituents is 1. The van der Waals surface area contributed by atoms with Crippen molar-refractivity contribution in [2.75, 3.05) is 19.6 Å². The fraction of sp³-hybridized carbons (Fsp3) is 0.250. The van der Waals surface area contributed by atoms with Gasteiger partial charge >= 0.3 is 0 Å². The molecule has 0 saturated heterocycles. The number of hydrogen-bond acceptors (Lipinski definition) is 7. The topological polar surface area (TPSA) is 151 Å². The van der Waals surface area contributed by atoms with Crippen LogP contribution in [0.3, 0.4) is 0 Å². The summed E-state index contributed by atoms with van der Waals surface area (Å²) in [5, 5.41) is 14.6. The Balaban J connectivity index is 2.14. The Morgan fingerprint density at radius 1 is 1.12 bits per heavy atom. The second-order valence-electron chi connectivity index (χ2n) is 6.44. The molecular formula is C20H23N5O6S. The standard InChI is InChI=1S/C20H23N5O6S/c1-3-24(4-2)19(26)14-22-32(30,31)18-11-6-5-10-17(18)20(27)23-21-13-15-8-7-9-16(12-15)25(28)29/h5-13,22H,3-4,14H2,1-2H3,(H,23,27). The summed E-state index contributed by atoms with van der Waals surface area (Å²) >= 11 is 0. The maximum Gasteiger partial charge on any atom is 0.272 e. The number of benzene rings is 2. The van der Waals surface area contributed by atoms with E-state index in [0.29, 0.717) is 18.7 Å². The van der Waals surface area contributed by atoms with Gasteiger partial charge in [-0.1, -0.05) is 24.3 Å². The summed E-state index contributed by atoms with van der Waals surface area (Å²) < 4.78 is 27.6. The summed E-state index contributed by atoms with van der Waals surface area (Å²) in [5.41, 5.74) is 2.26. The average molecular weight is 462 g/mol. The van der Waals surface area contributed by atoms with Gasteiger partial charge in [0.15, 0.2) is 0 Å². The van der Waals surface area contributed by atoms with Crippen LogP contribution in [0, 0.1) is 10.1 Å². The van der Waals surface area contributed by atoms with E-state index >= 15 is 0 Å². The number of non-ortho nitro benzene ring substituents is 1. The number of carbonyl (C=O) groups is 2. The molecule has 0 aliphatic carbocycles. The molecule has 0 bridgehead atoms. The van der Waals surface area contributed by atoms with Crippen LogP contribution >= 0.6 is 0 Å². The zero-order chi connectivity index (χ0) is 23.7. The van der Waals surface area contributed by atoms with E-state index in [1.165, 1.54) is 53.6 Å². The highest BCUT2D eigenvalue weighted by atomic mass is 32.2. The van der Waals surface area contributed by atoms with Gasteiger partial charge in [-0.2, -0.15) is 5.10 Å². The van der Waals surface area contributed by atoms with Gasteiger partial charge in [0.1, 0.15) is 0 Å². The van der Waals surface area contributed by atoms with Gasteiger partial charge in [0.2, 0.25) is 15.9 Å². The van der Waals surface area contributed by atoms with Crippen molar-refractivity contribution in [3.63, 3.8) is 0 Å². The summed E-state index contributed by atoms with van der Waals surface area (Å²) in [6.07, 6.45) is 1.20. The molecule has 0 atom stereocenters. The lowest BCUT2D eigenvalue weighted by Gasteiger charge is -2.19. The third kappa shape index (κ3) is 6.43. The first-order chi connectivity index (χ1) is 15.2. The number of nitrogens with zero attached hydrogens (tertiary/aromatic N) is 3. The van der Waals surface area contributed by atoms with Gasteiger partial charge in [0.05, 0.1) is 28.1 Å². The van der Waals surface area contributed by atoms with Crippen LogP contribution in [0.4, 0.5) is 5.69 Å². The molecule has 2 aromatic rings. The molecule has 2 aromatic carbocycles. The maximum absolute atomic E-state index is 12.7. The lowest BCUT2D eigenvalue weighted by atomic mass is 10.2. The highest BCUT2D eigenvalue weighted by Crippen LogP contribution is 2.15. The fourth-order valence-electron chi connectivity index (χ4n) is 2.76. The highest BCUT2D eigenvalue weighted by Gasteiger charge is 2.23. The van der Waals surface area contributed by atoms with Gasteiger partial charge in [-0.05, 0) is 26.0 Å². The Bertz CT molecular complexity index is 1130. The van der Waals surface area contributed by atoms with Crippen LogP contribution in [0.15, 0.2) is 58.5 Å². The summed E-state index contributed by atoms with van der Waals surface area (Å²) in [4.78, 5) is 36.0. The van der Waals surface area contributed by atoms with Gasteiger partial charge in [-0.15, -0.1) is 0 Å². The Morgan fingerprint density at radius 2 is 1.81 bits per heavy atom. The largest absolute Gasteiger partial charge is 0.342 e. The predicted octanol–water partition coefficient (Wildman–Crippen LogP) is 1.51. The second kappa shape index (κ2) is 11.1. The molecule has 2 amide bonds. The lowest BCUT2D eigenvalue weighted by molar-refractivity contribution is -0.384. The SMILES string of the molecule is CCN(CC)C(=O)CNS(=O)(=O)c1ccccc1C(=O)NN=Cc1cccc([N+](=O)[O-])c1. The van der Waals surface area contributed by atoms with E-state index in [0.717, 1.165) is 0 Å². The van der Waals surface area contributed by atoms with Crippen LogP contribution in [0.25, 0.3) is 0 Å². The number of carbonyl (C=O) groups excluding carboxylic acids is 2. The lowest BCUT2D eigenvalue weighted by Crippen LogP contribution is -2.40. The first kappa shape index (κ1) is 24.6. The third-order valence-electron chi connectivity index (χ3n) is 4.41. The quantitative estimate of drug-likeness (QED) is 0.311. The Labute approximate surface area is 185 Å². The molecule has 0 saturated carbocycles. The van der Waals surface area contributed by atoms with Gasteiger partial charge in [-0.3, -0.25) is 19.7 Å². The van der Waals surface area contributed by atoms with Crippen LogP contribution in [0.2, 0.25) is 0 Å². The average Bonchev–Trinajstić information content (AvgIpc) is 2.78. The van der Waals surface area contributed by atoms with Crippen molar-refractivity contribution in [2.45, 2.75) is 18.7 Å². The van der Waals surface area contributed by atoms with Crippen molar-refractivity contribution < 1.29 is 22.9 Å². The number of rotatable bonds is 10. The van der Waals surface area contributed by atoms with E-state index in [4.69, 9.17) is 0 Å². The molecular weight excluding hydrogens is 438 g/mol. The summed E-state index contributed by atoms with van der Waals surface area (Å²) in [7, 11) is -4.16. The Kier molecular flexibility index (Phi) is 8.55. The van der Waals surface area contributed by atoms with Crippen molar-refractivity contribution in [3.05, 3.63) is 69.8 Å². The van der Waals surface area contributed by atoms with Crippen molar-refractivity contribution in [1.82, 2.24) is 15.0 Å². The molecule has 2 N–H and O–H groups in total. The molecule has 0 aromatic heterocycles. The molecule has 0 aliphatic heterocycles. The summed E-state index contributed by atoms with van der Waals surface area (Å²) in [5.74, 6) is -1.19. The molecule has 0 unspecified atom stereocenters. The molecule has 0 heterocycles. The number of amides is 2. The van der Waals surface area contributed by atoms with Gasteiger partial charge in [0.25, 0.3) is 11.6 Å². The van der Waals surface area contributed by atoms with Crippen LogP contribution in [0.5, 0.6) is 0 Å². The van der Waals surface area contributed by atoms with Crippen LogP contribution in [-0.2, 0) is 14.8 Å². The minimum absolute atomic E-state index is 0.137. The Hall–Kier alpha value is -3.64. The second-order valence-corrected chi connectivity index (χ2v) is 8.17. The van der Waals surface area contributed by atoms with Crippen LogP contribution in [-0.4, -0.2) is 55.9 Å². The molecule has 12 heteroatoms. The molecule has 0 fully saturated rings. The van der Waals surface area contributed by atoms with E-state index in [1.807, 2.05) is 0 Å². The molecule has 0 radical (unpaired) electrons. The van der Waals surface area contributed by atoms with E-state index in [-0.39, 0.29) is 22.1 Å². The zero-order valence-electron chi connectivity index (χ0n) is 17.5. The van der Waals surface area contributed by atoms with Crippen molar-refractivity contribution in [3.8, 4) is 0 Å². The first-order valence-electron chi connectivity index (χ1n) is 9.64. The van der Waals surface area contributed by atoms with E-state index in [1.54, 1.807) is 19.9 Å². The van der Waals surface area contributed by atoms with Gasteiger partial charge in [-0.25, -0.2) is 18.6 Å². The number of sulfonamides is 1. The first-order valence-corrected chi connectivity index (χ1v) is 11.1. The monoisotopic (exact) mass is 461 g/mol. The molecule has 0 spiro atoms. The van der Waals surface area contributed by atoms with E-state index in [9.17, 15) is 28.1 Å². The minimum atomic E-state index is -4.16. The number of hydrazone groups is 1. The zero-order valence-corrected chi connectivity index (χ0v) is 18.3. The number of hydrogen-bond donors (Lipinski definition) is 2. The highest BCUT2D eigenvalue weighted by molar-refractivity contribution is 7.89. The van der Waals surface area contributed by atoms with E-state index in [2.05, 4.69) is 15.2 Å². The number of nitro groups is 1. The van der Waals surface area contributed by atoms with E-state index < -0.39 is 27.4 Å². The van der Waals surface area contributed by atoms with Crippen molar-refractivity contribution in [2.24, 2.45) is 5.10 Å². The molecule has 170 valence electrons. The third-order valence-corrected chi connectivity index (χ3v) is 5.87. The molecule has 0 aliphatic rings. The Morgan fingerprint density at radius 3 is 2.47 bits per heavy atom. The predicted molar refractivity (Wildman–Crippen MR) is 118 cm³/mol. The van der Waals surface area contributed by atoms with Crippen molar-refractivity contribution >= 4 is 33.7 Å². The van der Waals surface area contributed by atoms with Gasteiger partial charge < -0.3 is 4.90 Å². The van der Waals surface area contributed by atoms with Crippen molar-refractivity contribution in [1.29, 1.82) is 0 Å². The van der Waals surface area contributed by atoms with Crippen LogP contribution < -0.4 is 10.1 Å². The summed E-state index contributed by atoms with van der Waals surface area (Å²) in [6.45, 7) is 4.01. The molecule has 11 nitrogen and oxygen atoms in total. The molecule has 32 heavy (non-hydrogen) atoms.